The molecule has 2 rings (SSSR count). The molecule has 0 aliphatic heterocycles. The van der Waals surface area contributed by atoms with Crippen LogP contribution < -0.4 is 4.74 Å². The number of pyridine rings is 1. The topological polar surface area (TPSA) is 39.2 Å². The lowest BCUT2D eigenvalue weighted by Gasteiger charge is -2.08. The number of carbonyl (C=O) groups is 1. The Morgan fingerprint density at radius 3 is 2.94 bits per heavy atom. The van der Waals surface area contributed by atoms with Gasteiger partial charge in [-0.2, -0.15) is 0 Å². The molecule has 0 bridgehead atoms. The van der Waals surface area contributed by atoms with Crippen molar-refractivity contribution in [2.24, 2.45) is 0 Å². The third-order valence-electron chi connectivity index (χ3n) is 2.47. The second-order valence-corrected chi connectivity index (χ2v) is 3.76. The Hall–Kier alpha value is -2.23. The van der Waals surface area contributed by atoms with Gasteiger partial charge in [0.1, 0.15) is 11.6 Å². The SMILES string of the molecule is O=Cc1cc(F)ccc1OCCc1cccnc1. The highest BCUT2D eigenvalue weighted by Crippen LogP contribution is 2.18. The summed E-state index contributed by atoms with van der Waals surface area (Å²) in [7, 11) is 0. The number of aromatic nitrogens is 1. The number of hydrogen-bond acceptors (Lipinski definition) is 3. The van der Waals surface area contributed by atoms with Gasteiger partial charge in [0.2, 0.25) is 0 Å². The Morgan fingerprint density at radius 1 is 1.33 bits per heavy atom. The molecular formula is C14H12FNO2. The minimum atomic E-state index is -0.447. The molecule has 1 aromatic carbocycles. The van der Waals surface area contributed by atoms with Crippen molar-refractivity contribution in [3.8, 4) is 5.75 Å². The molecule has 2 aromatic rings. The maximum atomic E-state index is 12.9. The highest BCUT2D eigenvalue weighted by Gasteiger charge is 2.04. The van der Waals surface area contributed by atoms with E-state index in [1.165, 1.54) is 12.1 Å². The van der Waals surface area contributed by atoms with Crippen LogP contribution in [0.2, 0.25) is 0 Å². The first-order valence-corrected chi connectivity index (χ1v) is 5.56. The van der Waals surface area contributed by atoms with Crippen molar-refractivity contribution in [2.75, 3.05) is 6.61 Å². The first-order chi connectivity index (χ1) is 8.79. The summed E-state index contributed by atoms with van der Waals surface area (Å²) < 4.78 is 18.4. The predicted octanol–water partition coefficient (Wildman–Crippen LogP) is 2.65. The zero-order valence-electron chi connectivity index (χ0n) is 9.67. The second kappa shape index (κ2) is 5.91. The number of benzene rings is 1. The fourth-order valence-electron chi connectivity index (χ4n) is 1.57. The summed E-state index contributed by atoms with van der Waals surface area (Å²) in [5.74, 6) is -0.0491. The normalized spacial score (nSPS) is 10.1. The van der Waals surface area contributed by atoms with Crippen molar-refractivity contribution in [1.29, 1.82) is 0 Å². The van der Waals surface area contributed by atoms with Gasteiger partial charge in [0.15, 0.2) is 6.29 Å². The first-order valence-electron chi connectivity index (χ1n) is 5.56. The highest BCUT2D eigenvalue weighted by molar-refractivity contribution is 5.79. The summed E-state index contributed by atoms with van der Waals surface area (Å²) in [4.78, 5) is 14.8. The van der Waals surface area contributed by atoms with Crippen LogP contribution in [0.4, 0.5) is 4.39 Å². The Labute approximate surface area is 104 Å². The molecule has 0 aliphatic carbocycles. The van der Waals surface area contributed by atoms with E-state index in [0.29, 0.717) is 25.1 Å². The molecule has 0 N–H and O–H groups in total. The fraction of sp³-hybridized carbons (Fsp3) is 0.143. The number of halogens is 1. The monoisotopic (exact) mass is 245 g/mol. The molecule has 1 heterocycles. The lowest BCUT2D eigenvalue weighted by atomic mass is 10.2. The summed E-state index contributed by atoms with van der Waals surface area (Å²) in [5, 5.41) is 0. The summed E-state index contributed by atoms with van der Waals surface area (Å²) >= 11 is 0. The number of hydrogen-bond donors (Lipinski definition) is 0. The van der Waals surface area contributed by atoms with Gasteiger partial charge in [-0.15, -0.1) is 0 Å². The molecule has 0 saturated heterocycles. The van der Waals surface area contributed by atoms with Gasteiger partial charge < -0.3 is 4.74 Å². The highest BCUT2D eigenvalue weighted by atomic mass is 19.1. The van der Waals surface area contributed by atoms with Gasteiger partial charge in [0.05, 0.1) is 12.2 Å². The Balaban J connectivity index is 1.96. The molecule has 0 amide bonds. The van der Waals surface area contributed by atoms with Gasteiger partial charge in [-0.25, -0.2) is 4.39 Å². The van der Waals surface area contributed by atoms with Crippen molar-refractivity contribution >= 4 is 6.29 Å². The van der Waals surface area contributed by atoms with Gasteiger partial charge in [-0.3, -0.25) is 9.78 Å². The van der Waals surface area contributed by atoms with Crippen LogP contribution in [0.3, 0.4) is 0 Å². The fourth-order valence-corrected chi connectivity index (χ4v) is 1.57. The average Bonchev–Trinajstić information content (AvgIpc) is 2.41. The second-order valence-electron chi connectivity index (χ2n) is 3.76. The van der Waals surface area contributed by atoms with Crippen molar-refractivity contribution in [1.82, 2.24) is 4.98 Å². The zero-order valence-corrected chi connectivity index (χ0v) is 9.67. The molecule has 0 unspecified atom stereocenters. The van der Waals surface area contributed by atoms with E-state index in [1.807, 2.05) is 12.1 Å². The van der Waals surface area contributed by atoms with Crippen LogP contribution in [0.1, 0.15) is 15.9 Å². The lowest BCUT2D eigenvalue weighted by molar-refractivity contribution is 0.111. The molecule has 0 atom stereocenters. The van der Waals surface area contributed by atoms with Crippen molar-refractivity contribution in [3.05, 3.63) is 59.7 Å². The smallest absolute Gasteiger partial charge is 0.153 e. The summed E-state index contributed by atoms with van der Waals surface area (Å²) in [6.07, 6.45) is 4.73. The molecule has 0 spiro atoms. The van der Waals surface area contributed by atoms with Gasteiger partial charge in [-0.1, -0.05) is 6.07 Å². The van der Waals surface area contributed by atoms with E-state index in [-0.39, 0.29) is 5.56 Å². The van der Waals surface area contributed by atoms with Crippen molar-refractivity contribution in [2.45, 2.75) is 6.42 Å². The minimum Gasteiger partial charge on any atom is -0.492 e. The van der Waals surface area contributed by atoms with Crippen molar-refractivity contribution in [3.63, 3.8) is 0 Å². The van der Waals surface area contributed by atoms with Crippen LogP contribution >= 0.6 is 0 Å². The quantitative estimate of drug-likeness (QED) is 0.760. The number of rotatable bonds is 5. The molecule has 0 fully saturated rings. The van der Waals surface area contributed by atoms with E-state index in [2.05, 4.69) is 4.98 Å². The molecule has 92 valence electrons. The summed E-state index contributed by atoms with van der Waals surface area (Å²) in [6.45, 7) is 0.415. The standard InChI is InChI=1S/C14H12FNO2/c15-13-3-4-14(12(8-13)10-17)18-7-5-11-2-1-6-16-9-11/h1-4,6,8-10H,5,7H2. The molecule has 4 heteroatoms. The van der Waals surface area contributed by atoms with Crippen LogP contribution in [0.5, 0.6) is 5.75 Å². The molecule has 3 nitrogen and oxygen atoms in total. The third kappa shape index (κ3) is 3.13. The van der Waals surface area contributed by atoms with Crippen LogP contribution in [0.15, 0.2) is 42.7 Å². The molecule has 0 saturated carbocycles. The number of ether oxygens (including phenoxy) is 1. The molecule has 1 aromatic heterocycles. The van der Waals surface area contributed by atoms with E-state index in [0.717, 1.165) is 11.6 Å². The maximum Gasteiger partial charge on any atom is 0.153 e. The van der Waals surface area contributed by atoms with Crippen LogP contribution in [0.25, 0.3) is 0 Å². The van der Waals surface area contributed by atoms with E-state index >= 15 is 0 Å². The van der Waals surface area contributed by atoms with E-state index in [9.17, 15) is 9.18 Å². The molecule has 0 radical (unpaired) electrons. The largest absolute Gasteiger partial charge is 0.492 e. The maximum absolute atomic E-state index is 12.9. The van der Waals surface area contributed by atoms with Gasteiger partial charge in [0, 0.05) is 18.8 Å². The average molecular weight is 245 g/mol. The molecular weight excluding hydrogens is 233 g/mol. The number of nitrogens with zero attached hydrogens (tertiary/aromatic N) is 1. The lowest BCUT2D eigenvalue weighted by Crippen LogP contribution is -2.03. The third-order valence-corrected chi connectivity index (χ3v) is 2.47. The van der Waals surface area contributed by atoms with Gasteiger partial charge in [0.25, 0.3) is 0 Å². The van der Waals surface area contributed by atoms with Gasteiger partial charge in [-0.05, 0) is 29.8 Å². The van der Waals surface area contributed by atoms with Crippen LogP contribution in [-0.2, 0) is 6.42 Å². The number of carbonyl (C=O) groups excluding carboxylic acids is 1. The van der Waals surface area contributed by atoms with Gasteiger partial charge >= 0.3 is 0 Å². The van der Waals surface area contributed by atoms with Crippen LogP contribution in [0, 0.1) is 5.82 Å². The molecule has 0 aliphatic rings. The number of aldehydes is 1. The predicted molar refractivity (Wildman–Crippen MR) is 65.2 cm³/mol. The van der Waals surface area contributed by atoms with Crippen molar-refractivity contribution < 1.29 is 13.9 Å². The van der Waals surface area contributed by atoms with E-state index in [4.69, 9.17) is 4.74 Å². The Morgan fingerprint density at radius 2 is 2.22 bits per heavy atom. The van der Waals surface area contributed by atoms with E-state index < -0.39 is 5.82 Å². The zero-order chi connectivity index (χ0) is 12.8. The minimum absolute atomic E-state index is 0.223. The molecule has 18 heavy (non-hydrogen) atoms. The van der Waals surface area contributed by atoms with E-state index in [1.54, 1.807) is 12.4 Å². The Kier molecular flexibility index (Phi) is 4.02. The summed E-state index contributed by atoms with van der Waals surface area (Å²) in [6, 6.07) is 7.69. The Bertz CT molecular complexity index is 529. The first kappa shape index (κ1) is 12.2. The van der Waals surface area contributed by atoms with Crippen LogP contribution in [-0.4, -0.2) is 17.9 Å². The summed E-state index contributed by atoms with van der Waals surface area (Å²) in [5.41, 5.74) is 1.27.